The molecule has 0 amide bonds. The summed E-state index contributed by atoms with van der Waals surface area (Å²) in [5.74, 6) is 0. The fraction of sp³-hybridized carbons (Fsp3) is 0. The molecule has 0 saturated carbocycles. The second-order valence-electron chi connectivity index (χ2n) is 13.4. The van der Waals surface area contributed by atoms with Crippen LogP contribution in [-0.4, -0.2) is 4.57 Å². The van der Waals surface area contributed by atoms with Gasteiger partial charge in [0.1, 0.15) is 0 Å². The van der Waals surface area contributed by atoms with E-state index < -0.39 is 0 Å². The molecule has 0 aliphatic heterocycles. The molecule has 0 bridgehead atoms. The topological polar surface area (TPSA) is 8.17 Å². The first kappa shape index (κ1) is 30.0. The molecule has 0 radical (unpaired) electrons. The molecule has 2 nitrogen and oxygen atoms in total. The van der Waals surface area contributed by atoms with Gasteiger partial charge >= 0.3 is 0 Å². The molecule has 0 spiro atoms. The number of benzene rings is 9. The summed E-state index contributed by atoms with van der Waals surface area (Å²) in [4.78, 5) is 2.37. The van der Waals surface area contributed by atoms with Gasteiger partial charge in [-0.1, -0.05) is 133 Å². The summed E-state index contributed by atoms with van der Waals surface area (Å²) < 4.78 is 2.38. The first-order valence-corrected chi connectivity index (χ1v) is 17.8. The van der Waals surface area contributed by atoms with E-state index in [4.69, 9.17) is 0 Å². The third kappa shape index (κ3) is 5.21. The summed E-state index contributed by atoms with van der Waals surface area (Å²) >= 11 is 0. The van der Waals surface area contributed by atoms with Gasteiger partial charge in [-0.05, 0) is 117 Å². The smallest absolute Gasteiger partial charge is 0.0561 e. The molecule has 1 aromatic heterocycles. The Labute approximate surface area is 303 Å². The summed E-state index contributed by atoms with van der Waals surface area (Å²) in [5.41, 5.74) is 11.8. The van der Waals surface area contributed by atoms with E-state index >= 15 is 0 Å². The molecular formula is C50H34N2. The second kappa shape index (κ2) is 12.5. The Kier molecular flexibility index (Phi) is 7.18. The van der Waals surface area contributed by atoms with Gasteiger partial charge in [0.05, 0.1) is 11.0 Å². The average molecular weight is 663 g/mol. The van der Waals surface area contributed by atoms with E-state index in [2.05, 4.69) is 216 Å². The molecule has 1 heterocycles. The third-order valence-electron chi connectivity index (χ3n) is 10.3. The van der Waals surface area contributed by atoms with Gasteiger partial charge in [0.25, 0.3) is 0 Å². The number of anilines is 3. The Balaban J connectivity index is 1.05. The highest BCUT2D eigenvalue weighted by molar-refractivity contribution is 6.10. The van der Waals surface area contributed by atoms with Gasteiger partial charge in [-0.15, -0.1) is 0 Å². The molecule has 0 aliphatic carbocycles. The number of nitrogens with zero attached hydrogens (tertiary/aromatic N) is 2. The lowest BCUT2D eigenvalue weighted by molar-refractivity contribution is 1.18. The molecule has 0 atom stereocenters. The minimum Gasteiger partial charge on any atom is -0.310 e. The van der Waals surface area contributed by atoms with Crippen LogP contribution in [0.4, 0.5) is 17.1 Å². The monoisotopic (exact) mass is 662 g/mol. The molecule has 0 unspecified atom stereocenters. The van der Waals surface area contributed by atoms with Crippen molar-refractivity contribution in [1.82, 2.24) is 4.57 Å². The molecule has 9 aromatic carbocycles. The van der Waals surface area contributed by atoms with Gasteiger partial charge in [-0.3, -0.25) is 0 Å². The highest BCUT2D eigenvalue weighted by atomic mass is 15.1. The largest absolute Gasteiger partial charge is 0.310 e. The van der Waals surface area contributed by atoms with Crippen LogP contribution in [-0.2, 0) is 0 Å². The van der Waals surface area contributed by atoms with E-state index in [0.29, 0.717) is 0 Å². The third-order valence-corrected chi connectivity index (χ3v) is 10.3. The fourth-order valence-corrected chi connectivity index (χ4v) is 7.76. The normalized spacial score (nSPS) is 11.5. The Bertz CT molecular complexity index is 2890. The zero-order valence-electron chi connectivity index (χ0n) is 28.5. The van der Waals surface area contributed by atoms with Crippen molar-refractivity contribution in [3.63, 3.8) is 0 Å². The minimum atomic E-state index is 1.11. The lowest BCUT2D eigenvalue weighted by Crippen LogP contribution is -2.10. The molecule has 244 valence electrons. The van der Waals surface area contributed by atoms with Crippen LogP contribution in [0.5, 0.6) is 0 Å². The zero-order valence-corrected chi connectivity index (χ0v) is 28.5. The summed E-state index contributed by atoms with van der Waals surface area (Å²) in [5, 5.41) is 7.41. The summed E-state index contributed by atoms with van der Waals surface area (Å²) in [6, 6.07) is 74.7. The molecule has 52 heavy (non-hydrogen) atoms. The number of fused-ring (bicyclic) bond motifs is 5. The van der Waals surface area contributed by atoms with Gasteiger partial charge in [-0.2, -0.15) is 0 Å². The fourth-order valence-electron chi connectivity index (χ4n) is 7.76. The first-order valence-electron chi connectivity index (χ1n) is 17.8. The molecule has 0 aliphatic rings. The van der Waals surface area contributed by atoms with Crippen LogP contribution in [0, 0.1) is 0 Å². The molecule has 10 rings (SSSR count). The predicted octanol–water partition coefficient (Wildman–Crippen LogP) is 13.9. The zero-order chi connectivity index (χ0) is 34.4. The maximum atomic E-state index is 2.38. The number of aromatic nitrogens is 1. The molecule has 2 heteroatoms. The number of hydrogen-bond donors (Lipinski definition) is 0. The highest BCUT2D eigenvalue weighted by Crippen LogP contribution is 2.41. The van der Waals surface area contributed by atoms with E-state index in [0.717, 1.165) is 22.7 Å². The Morgan fingerprint density at radius 1 is 0.288 bits per heavy atom. The summed E-state index contributed by atoms with van der Waals surface area (Å²) in [6.45, 7) is 0. The van der Waals surface area contributed by atoms with E-state index in [1.807, 2.05) is 0 Å². The number of rotatable bonds is 6. The van der Waals surface area contributed by atoms with Gasteiger partial charge in [0.2, 0.25) is 0 Å². The SMILES string of the molecule is c1ccc(-c2ccc3cc(-c4ccc5cc(N(c6ccccc6)c6ccc7c8ccccc8n(-c8ccccc8)c7c6)ccc5c4)ccc3c2)cc1. The number of hydrogen-bond acceptors (Lipinski definition) is 1. The van der Waals surface area contributed by atoms with Crippen LogP contribution in [0.2, 0.25) is 0 Å². The molecule has 10 aromatic rings. The average Bonchev–Trinajstić information content (AvgIpc) is 3.55. The van der Waals surface area contributed by atoms with E-state index in [-0.39, 0.29) is 0 Å². The van der Waals surface area contributed by atoms with Gasteiger partial charge in [0, 0.05) is 33.5 Å². The molecular weight excluding hydrogens is 629 g/mol. The van der Waals surface area contributed by atoms with Crippen molar-refractivity contribution in [3.8, 4) is 27.9 Å². The van der Waals surface area contributed by atoms with Gasteiger partial charge < -0.3 is 9.47 Å². The quantitative estimate of drug-likeness (QED) is 0.172. The molecule has 0 N–H and O–H groups in total. The lowest BCUT2D eigenvalue weighted by Gasteiger charge is -2.26. The van der Waals surface area contributed by atoms with Crippen LogP contribution >= 0.6 is 0 Å². The van der Waals surface area contributed by atoms with Gasteiger partial charge in [-0.25, -0.2) is 0 Å². The summed E-state index contributed by atoms with van der Waals surface area (Å²) in [7, 11) is 0. The van der Waals surface area contributed by atoms with Crippen LogP contribution < -0.4 is 4.90 Å². The van der Waals surface area contributed by atoms with Crippen LogP contribution in [0.25, 0.3) is 71.3 Å². The maximum absolute atomic E-state index is 2.38. The first-order chi connectivity index (χ1) is 25.8. The predicted molar refractivity (Wildman–Crippen MR) is 221 cm³/mol. The van der Waals surface area contributed by atoms with E-state index in [1.54, 1.807) is 0 Å². The van der Waals surface area contributed by atoms with Crippen molar-refractivity contribution in [2.24, 2.45) is 0 Å². The Hall–Kier alpha value is -6.90. The summed E-state index contributed by atoms with van der Waals surface area (Å²) in [6.07, 6.45) is 0. The van der Waals surface area contributed by atoms with Crippen molar-refractivity contribution in [2.75, 3.05) is 4.90 Å². The number of para-hydroxylation sites is 3. The van der Waals surface area contributed by atoms with Crippen LogP contribution in [0.15, 0.2) is 206 Å². The Morgan fingerprint density at radius 2 is 0.769 bits per heavy atom. The van der Waals surface area contributed by atoms with Crippen molar-refractivity contribution in [2.45, 2.75) is 0 Å². The minimum absolute atomic E-state index is 1.11. The van der Waals surface area contributed by atoms with Crippen molar-refractivity contribution >= 4 is 60.4 Å². The van der Waals surface area contributed by atoms with Crippen LogP contribution in [0.3, 0.4) is 0 Å². The van der Waals surface area contributed by atoms with E-state index in [1.165, 1.54) is 65.6 Å². The van der Waals surface area contributed by atoms with Crippen molar-refractivity contribution in [3.05, 3.63) is 206 Å². The molecule has 0 fully saturated rings. The van der Waals surface area contributed by atoms with Crippen LogP contribution in [0.1, 0.15) is 0 Å². The lowest BCUT2D eigenvalue weighted by atomic mass is 9.96. The van der Waals surface area contributed by atoms with Crippen molar-refractivity contribution in [1.29, 1.82) is 0 Å². The maximum Gasteiger partial charge on any atom is 0.0561 e. The van der Waals surface area contributed by atoms with Crippen molar-refractivity contribution < 1.29 is 0 Å². The molecule has 0 saturated heterocycles. The van der Waals surface area contributed by atoms with E-state index in [9.17, 15) is 0 Å². The standard InChI is InChI=1S/C50H34N2/c1-4-12-35(13-5-1)36-20-21-38-31-39(23-22-37(38)30-36)40-24-25-42-33-45(27-26-41(42)32-40)51(43-14-6-2-7-15-43)46-28-29-48-47-18-10-11-19-49(47)52(50(48)34-46)44-16-8-3-9-17-44/h1-34H. The Morgan fingerprint density at radius 3 is 1.44 bits per heavy atom. The highest BCUT2D eigenvalue weighted by Gasteiger charge is 2.18. The second-order valence-corrected chi connectivity index (χ2v) is 13.4. The van der Waals surface area contributed by atoms with Gasteiger partial charge in [0.15, 0.2) is 0 Å².